The summed E-state index contributed by atoms with van der Waals surface area (Å²) in [6.45, 7) is 2.14. The first kappa shape index (κ1) is 10.8. The van der Waals surface area contributed by atoms with E-state index in [0.717, 1.165) is 12.8 Å². The summed E-state index contributed by atoms with van der Waals surface area (Å²) in [6.07, 6.45) is 6.29. The molecule has 3 heteroatoms. The van der Waals surface area contributed by atoms with Crippen LogP contribution in [0.3, 0.4) is 0 Å². The van der Waals surface area contributed by atoms with Crippen molar-refractivity contribution in [2.75, 3.05) is 0 Å². The van der Waals surface area contributed by atoms with Gasteiger partial charge in [-0.25, -0.2) is 0 Å². The molecule has 0 bridgehead atoms. The van der Waals surface area contributed by atoms with Gasteiger partial charge in [0.2, 0.25) is 0 Å². The van der Waals surface area contributed by atoms with Gasteiger partial charge >= 0.3 is 5.97 Å². The van der Waals surface area contributed by atoms with Gasteiger partial charge in [0, 0.05) is 12.5 Å². The van der Waals surface area contributed by atoms with Gasteiger partial charge in [-0.3, -0.25) is 4.79 Å². The normalized spacial score (nSPS) is 10.1. The van der Waals surface area contributed by atoms with Crippen molar-refractivity contribution in [2.24, 2.45) is 0 Å². The van der Waals surface area contributed by atoms with Gasteiger partial charge in [-0.15, -0.1) is 0 Å². The number of hydrogen-bond acceptors (Lipinski definition) is 3. The van der Waals surface area contributed by atoms with Gasteiger partial charge < -0.3 is 9.15 Å². The number of furan rings is 1. The molecule has 0 radical (unpaired) electrons. The maximum Gasteiger partial charge on any atom is 0.313 e. The van der Waals surface area contributed by atoms with Crippen molar-refractivity contribution < 1.29 is 13.9 Å². The van der Waals surface area contributed by atoms with Gasteiger partial charge in [0.1, 0.15) is 0 Å². The highest BCUT2D eigenvalue weighted by molar-refractivity contribution is 5.71. The second kappa shape index (κ2) is 6.24. The van der Waals surface area contributed by atoms with Crippen LogP contribution in [0.25, 0.3) is 0 Å². The standard InChI is InChI=1S/C11H16O3/c1-2-3-4-5-7-10(12)14-11-8-6-9-13-11/h6,8-9H,2-5,7H2,1H3. The lowest BCUT2D eigenvalue weighted by atomic mass is 10.2. The minimum atomic E-state index is -0.212. The summed E-state index contributed by atoms with van der Waals surface area (Å²) in [5.74, 6) is 0.0709. The van der Waals surface area contributed by atoms with Crippen molar-refractivity contribution in [1.82, 2.24) is 0 Å². The van der Waals surface area contributed by atoms with E-state index in [4.69, 9.17) is 9.15 Å². The molecule has 0 saturated carbocycles. The Bertz CT molecular complexity index is 252. The number of ether oxygens (including phenoxy) is 1. The molecular formula is C11H16O3. The Morgan fingerprint density at radius 1 is 1.43 bits per heavy atom. The minimum Gasteiger partial charge on any atom is -0.434 e. The predicted octanol–water partition coefficient (Wildman–Crippen LogP) is 3.16. The molecule has 0 aromatic carbocycles. The third kappa shape index (κ3) is 4.12. The maximum absolute atomic E-state index is 11.2. The van der Waals surface area contributed by atoms with Crippen molar-refractivity contribution in [2.45, 2.75) is 39.0 Å². The van der Waals surface area contributed by atoms with Crippen LogP contribution in [0.5, 0.6) is 5.95 Å². The second-order valence-electron chi connectivity index (χ2n) is 3.22. The molecule has 0 fully saturated rings. The van der Waals surface area contributed by atoms with Gasteiger partial charge in [-0.05, 0) is 12.5 Å². The monoisotopic (exact) mass is 196 g/mol. The Morgan fingerprint density at radius 2 is 2.29 bits per heavy atom. The molecule has 0 atom stereocenters. The van der Waals surface area contributed by atoms with Crippen molar-refractivity contribution in [1.29, 1.82) is 0 Å². The van der Waals surface area contributed by atoms with Crippen LogP contribution in [-0.2, 0) is 4.79 Å². The van der Waals surface area contributed by atoms with Crippen LogP contribution < -0.4 is 4.74 Å². The lowest BCUT2D eigenvalue weighted by Gasteiger charge is -1.99. The molecule has 0 aliphatic heterocycles. The Balaban J connectivity index is 2.11. The molecule has 0 spiro atoms. The first-order valence-corrected chi connectivity index (χ1v) is 5.07. The number of rotatable bonds is 6. The molecule has 14 heavy (non-hydrogen) atoms. The molecule has 1 aromatic rings. The van der Waals surface area contributed by atoms with Crippen LogP contribution in [0.1, 0.15) is 39.0 Å². The number of carbonyl (C=O) groups excluding carboxylic acids is 1. The van der Waals surface area contributed by atoms with E-state index >= 15 is 0 Å². The maximum atomic E-state index is 11.2. The molecule has 1 heterocycles. The molecular weight excluding hydrogens is 180 g/mol. The average Bonchev–Trinajstić information content (AvgIpc) is 2.65. The first-order valence-electron chi connectivity index (χ1n) is 5.07. The van der Waals surface area contributed by atoms with Crippen molar-refractivity contribution in [3.8, 4) is 5.95 Å². The van der Waals surface area contributed by atoms with E-state index in [1.54, 1.807) is 12.1 Å². The van der Waals surface area contributed by atoms with E-state index in [1.165, 1.54) is 19.1 Å². The van der Waals surface area contributed by atoms with Gasteiger partial charge in [0.25, 0.3) is 5.95 Å². The molecule has 0 N–H and O–H groups in total. The van der Waals surface area contributed by atoms with Gasteiger partial charge in [-0.1, -0.05) is 26.2 Å². The Kier molecular flexibility index (Phi) is 4.83. The molecule has 0 aliphatic carbocycles. The highest BCUT2D eigenvalue weighted by Gasteiger charge is 2.05. The summed E-state index contributed by atoms with van der Waals surface area (Å²) in [6, 6.07) is 3.32. The number of hydrogen-bond donors (Lipinski definition) is 0. The van der Waals surface area contributed by atoms with Crippen molar-refractivity contribution in [3.05, 3.63) is 18.4 Å². The number of carbonyl (C=O) groups is 1. The first-order chi connectivity index (χ1) is 6.83. The number of unbranched alkanes of at least 4 members (excludes halogenated alkanes) is 3. The van der Waals surface area contributed by atoms with Crippen LogP contribution in [0.2, 0.25) is 0 Å². The Morgan fingerprint density at radius 3 is 2.93 bits per heavy atom. The highest BCUT2D eigenvalue weighted by atomic mass is 16.6. The van der Waals surface area contributed by atoms with E-state index < -0.39 is 0 Å². The average molecular weight is 196 g/mol. The molecule has 0 saturated heterocycles. The van der Waals surface area contributed by atoms with E-state index in [0.29, 0.717) is 6.42 Å². The topological polar surface area (TPSA) is 39.4 Å². The lowest BCUT2D eigenvalue weighted by molar-refractivity contribution is -0.135. The van der Waals surface area contributed by atoms with Gasteiger partial charge in [0.05, 0.1) is 6.26 Å². The molecule has 1 rings (SSSR count). The van der Waals surface area contributed by atoms with E-state index in [1.807, 2.05) is 0 Å². The fourth-order valence-electron chi connectivity index (χ4n) is 1.18. The largest absolute Gasteiger partial charge is 0.434 e. The summed E-state index contributed by atoms with van der Waals surface area (Å²) in [5, 5.41) is 0. The van der Waals surface area contributed by atoms with E-state index in [2.05, 4.69) is 6.92 Å². The molecule has 0 amide bonds. The van der Waals surface area contributed by atoms with Crippen LogP contribution in [0.4, 0.5) is 0 Å². The lowest BCUT2D eigenvalue weighted by Crippen LogP contribution is -2.06. The van der Waals surface area contributed by atoms with E-state index in [9.17, 15) is 4.79 Å². The van der Waals surface area contributed by atoms with Crippen molar-refractivity contribution >= 4 is 5.97 Å². The van der Waals surface area contributed by atoms with Crippen LogP contribution in [0, 0.1) is 0 Å². The molecule has 3 nitrogen and oxygen atoms in total. The summed E-state index contributed by atoms with van der Waals surface area (Å²) in [7, 11) is 0. The zero-order chi connectivity index (χ0) is 10.2. The molecule has 1 aromatic heterocycles. The van der Waals surface area contributed by atoms with Gasteiger partial charge in [0.15, 0.2) is 0 Å². The second-order valence-corrected chi connectivity index (χ2v) is 3.22. The fraction of sp³-hybridized carbons (Fsp3) is 0.545. The van der Waals surface area contributed by atoms with Crippen LogP contribution >= 0.6 is 0 Å². The van der Waals surface area contributed by atoms with Gasteiger partial charge in [-0.2, -0.15) is 0 Å². The number of esters is 1. The summed E-state index contributed by atoms with van der Waals surface area (Å²) in [4.78, 5) is 11.2. The third-order valence-electron chi connectivity index (χ3n) is 1.94. The third-order valence-corrected chi connectivity index (χ3v) is 1.94. The Hall–Kier alpha value is -1.25. The minimum absolute atomic E-state index is 0.212. The fourth-order valence-corrected chi connectivity index (χ4v) is 1.18. The zero-order valence-corrected chi connectivity index (χ0v) is 8.49. The molecule has 78 valence electrons. The highest BCUT2D eigenvalue weighted by Crippen LogP contribution is 2.12. The Labute approximate surface area is 84.1 Å². The summed E-state index contributed by atoms with van der Waals surface area (Å²) < 4.78 is 9.82. The van der Waals surface area contributed by atoms with Crippen LogP contribution in [0.15, 0.2) is 22.8 Å². The smallest absolute Gasteiger partial charge is 0.313 e. The quantitative estimate of drug-likeness (QED) is 0.518. The SMILES string of the molecule is CCCCCCC(=O)Oc1ccco1. The summed E-state index contributed by atoms with van der Waals surface area (Å²) >= 11 is 0. The summed E-state index contributed by atoms with van der Waals surface area (Å²) in [5.41, 5.74) is 0. The van der Waals surface area contributed by atoms with E-state index in [-0.39, 0.29) is 11.9 Å². The molecule has 0 aliphatic rings. The van der Waals surface area contributed by atoms with Crippen molar-refractivity contribution in [3.63, 3.8) is 0 Å². The van der Waals surface area contributed by atoms with Crippen LogP contribution in [-0.4, -0.2) is 5.97 Å². The zero-order valence-electron chi connectivity index (χ0n) is 8.49. The predicted molar refractivity (Wildman–Crippen MR) is 53.1 cm³/mol. The molecule has 0 unspecified atom stereocenters.